The minimum absolute atomic E-state index is 0.127. The number of aromatic hydroxyl groups is 1. The van der Waals surface area contributed by atoms with Gasteiger partial charge in [0.1, 0.15) is 0 Å². The molecule has 7 heteroatoms. The van der Waals surface area contributed by atoms with Gasteiger partial charge in [0.2, 0.25) is 5.82 Å². The molecule has 4 nitrogen and oxygen atoms in total. The number of carbonyl (C=O) groups is 1. The van der Waals surface area contributed by atoms with Crippen LogP contribution < -0.4 is 11.1 Å². The summed E-state index contributed by atoms with van der Waals surface area (Å²) in [5, 5.41) is 11.3. The molecule has 19 heavy (non-hydrogen) atoms. The van der Waals surface area contributed by atoms with E-state index in [4.69, 9.17) is 10.8 Å². The maximum Gasteiger partial charge on any atom is 0.254 e. The molecule has 1 amide bonds. The summed E-state index contributed by atoms with van der Waals surface area (Å²) in [6.07, 6.45) is 0. The molecule has 0 bridgehead atoms. The van der Waals surface area contributed by atoms with Gasteiger partial charge in [-0.05, 0) is 18.0 Å². The van der Waals surface area contributed by atoms with Crippen molar-refractivity contribution in [1.82, 2.24) is 5.32 Å². The number of nitrogens with one attached hydrogen (secondary N) is 1. The number of halogens is 3. The van der Waals surface area contributed by atoms with Crippen LogP contribution >= 0.6 is 0 Å². The van der Waals surface area contributed by atoms with E-state index >= 15 is 0 Å². The van der Waals surface area contributed by atoms with Crippen molar-refractivity contribution in [2.24, 2.45) is 11.1 Å². The van der Waals surface area contributed by atoms with E-state index in [2.05, 4.69) is 5.32 Å². The molecule has 0 aliphatic carbocycles. The summed E-state index contributed by atoms with van der Waals surface area (Å²) in [7, 11) is 0. The average molecular weight is 276 g/mol. The van der Waals surface area contributed by atoms with Crippen molar-refractivity contribution in [2.45, 2.75) is 13.8 Å². The lowest BCUT2D eigenvalue weighted by Gasteiger charge is -2.22. The van der Waals surface area contributed by atoms with Gasteiger partial charge < -0.3 is 16.2 Å². The summed E-state index contributed by atoms with van der Waals surface area (Å²) in [6.45, 7) is 3.94. The highest BCUT2D eigenvalue weighted by molar-refractivity contribution is 5.95. The first-order chi connectivity index (χ1) is 8.69. The minimum atomic E-state index is -1.73. The van der Waals surface area contributed by atoms with Crippen LogP contribution in [-0.4, -0.2) is 24.1 Å². The third-order valence-electron chi connectivity index (χ3n) is 2.66. The van der Waals surface area contributed by atoms with Crippen molar-refractivity contribution in [3.05, 3.63) is 29.1 Å². The van der Waals surface area contributed by atoms with Crippen LogP contribution in [0.5, 0.6) is 5.75 Å². The van der Waals surface area contributed by atoms with Crippen LogP contribution in [0, 0.1) is 22.9 Å². The number of hydrogen-bond donors (Lipinski definition) is 3. The SMILES string of the molecule is CC(C)(CN)CNC(=O)c1cc(F)c(F)c(O)c1F. The lowest BCUT2D eigenvalue weighted by atomic mass is 9.94. The van der Waals surface area contributed by atoms with Crippen molar-refractivity contribution in [3.8, 4) is 5.75 Å². The quantitative estimate of drug-likeness (QED) is 0.730. The largest absolute Gasteiger partial charge is 0.503 e. The summed E-state index contributed by atoms with van der Waals surface area (Å²) in [4.78, 5) is 11.7. The van der Waals surface area contributed by atoms with Gasteiger partial charge >= 0.3 is 0 Å². The van der Waals surface area contributed by atoms with Crippen molar-refractivity contribution >= 4 is 5.91 Å². The van der Waals surface area contributed by atoms with E-state index in [1.165, 1.54) is 0 Å². The fraction of sp³-hybridized carbons (Fsp3) is 0.417. The van der Waals surface area contributed by atoms with Crippen LogP contribution in [0.3, 0.4) is 0 Å². The zero-order valence-corrected chi connectivity index (χ0v) is 10.6. The van der Waals surface area contributed by atoms with Gasteiger partial charge in [0, 0.05) is 6.54 Å². The van der Waals surface area contributed by atoms with Crippen LogP contribution in [0.1, 0.15) is 24.2 Å². The second-order valence-electron chi connectivity index (χ2n) is 4.93. The first kappa shape index (κ1) is 15.3. The number of phenols is 1. The fourth-order valence-corrected chi connectivity index (χ4v) is 1.24. The Morgan fingerprint density at radius 3 is 2.47 bits per heavy atom. The van der Waals surface area contributed by atoms with Gasteiger partial charge in [0.15, 0.2) is 17.4 Å². The molecule has 0 unspecified atom stereocenters. The van der Waals surface area contributed by atoms with Crippen LogP contribution in [0.2, 0.25) is 0 Å². The highest BCUT2D eigenvalue weighted by Gasteiger charge is 2.24. The van der Waals surface area contributed by atoms with E-state index < -0.39 is 40.1 Å². The second-order valence-corrected chi connectivity index (χ2v) is 4.93. The number of hydrogen-bond acceptors (Lipinski definition) is 3. The zero-order valence-electron chi connectivity index (χ0n) is 10.6. The standard InChI is InChI=1S/C12H15F3N2O2/c1-12(2,4-16)5-17-11(19)6-3-7(13)9(15)10(18)8(6)14/h3,18H,4-5,16H2,1-2H3,(H,17,19). The van der Waals surface area contributed by atoms with Crippen molar-refractivity contribution < 1.29 is 23.1 Å². The summed E-state index contributed by atoms with van der Waals surface area (Å²) in [5.74, 6) is -7.18. The molecule has 0 spiro atoms. The Bertz CT molecular complexity index is 504. The zero-order chi connectivity index (χ0) is 14.8. The third-order valence-corrected chi connectivity index (χ3v) is 2.66. The Morgan fingerprint density at radius 1 is 1.37 bits per heavy atom. The maximum atomic E-state index is 13.5. The van der Waals surface area contributed by atoms with Gasteiger partial charge in [-0.15, -0.1) is 0 Å². The van der Waals surface area contributed by atoms with Crippen molar-refractivity contribution in [1.29, 1.82) is 0 Å². The Labute approximate surface area is 108 Å². The monoisotopic (exact) mass is 276 g/mol. The average Bonchev–Trinajstić information content (AvgIpc) is 2.38. The molecule has 4 N–H and O–H groups in total. The summed E-state index contributed by atoms with van der Waals surface area (Å²) in [6, 6.07) is 0.398. The Hall–Kier alpha value is -1.76. The molecule has 1 rings (SSSR count). The summed E-state index contributed by atoms with van der Waals surface area (Å²) >= 11 is 0. The topological polar surface area (TPSA) is 75.3 Å². The molecular weight excluding hydrogens is 261 g/mol. The predicted molar refractivity (Wildman–Crippen MR) is 63.1 cm³/mol. The van der Waals surface area contributed by atoms with E-state index in [1.807, 2.05) is 0 Å². The van der Waals surface area contributed by atoms with Gasteiger partial charge in [-0.2, -0.15) is 4.39 Å². The molecule has 0 saturated heterocycles. The number of phenolic OH excluding ortho intramolecular Hbond substituents is 1. The van der Waals surface area contributed by atoms with E-state index in [1.54, 1.807) is 13.8 Å². The molecule has 0 aliphatic heterocycles. The van der Waals surface area contributed by atoms with Crippen molar-refractivity contribution in [3.63, 3.8) is 0 Å². The Balaban J connectivity index is 2.96. The third kappa shape index (κ3) is 3.37. The molecule has 0 fully saturated rings. The maximum absolute atomic E-state index is 13.5. The normalized spacial score (nSPS) is 11.5. The molecule has 0 saturated carbocycles. The highest BCUT2D eigenvalue weighted by Crippen LogP contribution is 2.25. The number of nitrogens with two attached hydrogens (primary N) is 1. The van der Waals surface area contributed by atoms with E-state index in [-0.39, 0.29) is 13.1 Å². The van der Waals surface area contributed by atoms with Gasteiger partial charge in [-0.25, -0.2) is 8.78 Å². The van der Waals surface area contributed by atoms with E-state index in [9.17, 15) is 18.0 Å². The van der Waals surface area contributed by atoms with Crippen molar-refractivity contribution in [2.75, 3.05) is 13.1 Å². The molecule has 106 valence electrons. The molecule has 1 aromatic carbocycles. The lowest BCUT2D eigenvalue weighted by molar-refractivity contribution is 0.0932. The molecule has 0 aromatic heterocycles. The molecule has 0 atom stereocenters. The molecule has 0 radical (unpaired) electrons. The number of amides is 1. The first-order valence-corrected chi connectivity index (χ1v) is 5.54. The second kappa shape index (κ2) is 5.48. The smallest absolute Gasteiger partial charge is 0.254 e. The molecular formula is C12H15F3N2O2. The van der Waals surface area contributed by atoms with Gasteiger partial charge in [0.25, 0.3) is 5.91 Å². The van der Waals surface area contributed by atoms with Gasteiger partial charge in [-0.3, -0.25) is 4.79 Å². The van der Waals surface area contributed by atoms with Crippen LogP contribution in [0.15, 0.2) is 6.07 Å². The molecule has 0 heterocycles. The summed E-state index contributed by atoms with van der Waals surface area (Å²) < 4.78 is 39.3. The van der Waals surface area contributed by atoms with Gasteiger partial charge in [-0.1, -0.05) is 13.8 Å². The predicted octanol–water partition coefficient (Wildman–Crippen LogP) is 1.52. The van der Waals surface area contributed by atoms with E-state index in [0.29, 0.717) is 6.07 Å². The lowest BCUT2D eigenvalue weighted by Crippen LogP contribution is -2.38. The van der Waals surface area contributed by atoms with Gasteiger partial charge in [0.05, 0.1) is 5.56 Å². The van der Waals surface area contributed by atoms with Crippen LogP contribution in [0.25, 0.3) is 0 Å². The molecule has 1 aromatic rings. The number of benzene rings is 1. The Kier molecular flexibility index (Phi) is 4.41. The number of carbonyl (C=O) groups excluding carboxylic acids is 1. The van der Waals surface area contributed by atoms with E-state index in [0.717, 1.165) is 0 Å². The summed E-state index contributed by atoms with van der Waals surface area (Å²) in [5.41, 5.74) is 4.27. The van der Waals surface area contributed by atoms with Crippen LogP contribution in [-0.2, 0) is 0 Å². The minimum Gasteiger partial charge on any atom is -0.503 e. The fourth-order valence-electron chi connectivity index (χ4n) is 1.24. The Morgan fingerprint density at radius 2 is 1.95 bits per heavy atom. The molecule has 0 aliphatic rings. The number of rotatable bonds is 4. The highest BCUT2D eigenvalue weighted by atomic mass is 19.2. The van der Waals surface area contributed by atoms with Crippen LogP contribution in [0.4, 0.5) is 13.2 Å². The first-order valence-electron chi connectivity index (χ1n) is 5.54.